The van der Waals surface area contributed by atoms with Gasteiger partial charge in [0.15, 0.2) is 23.0 Å². The second-order valence-corrected chi connectivity index (χ2v) is 7.34. The second kappa shape index (κ2) is 7.57. The minimum absolute atomic E-state index is 0.128. The first-order valence-electron chi connectivity index (χ1n) is 9.83. The van der Waals surface area contributed by atoms with Gasteiger partial charge in [-0.05, 0) is 30.9 Å². The zero-order valence-corrected chi connectivity index (χ0v) is 15.9. The van der Waals surface area contributed by atoms with Gasteiger partial charge in [0.25, 0.3) is 5.91 Å². The fourth-order valence-electron chi connectivity index (χ4n) is 3.85. The maximum absolute atomic E-state index is 12.5. The lowest BCUT2D eigenvalue weighted by atomic mass is 9.96. The van der Waals surface area contributed by atoms with Crippen molar-refractivity contribution in [3.05, 3.63) is 36.9 Å². The Bertz CT molecular complexity index is 1010. The highest BCUT2D eigenvalue weighted by Crippen LogP contribution is 2.31. The van der Waals surface area contributed by atoms with Gasteiger partial charge in [-0.2, -0.15) is 0 Å². The minimum Gasteiger partial charge on any atom is -0.485 e. The molecule has 9 heteroatoms. The number of nitrogens with one attached hydrogen (secondary N) is 2. The average molecular weight is 394 g/mol. The van der Waals surface area contributed by atoms with Crippen LogP contribution >= 0.6 is 0 Å². The molecule has 4 heterocycles. The quantitative estimate of drug-likeness (QED) is 0.691. The Morgan fingerprint density at radius 1 is 1.17 bits per heavy atom. The van der Waals surface area contributed by atoms with Gasteiger partial charge < -0.3 is 24.7 Å². The molecule has 0 aliphatic carbocycles. The van der Waals surface area contributed by atoms with Gasteiger partial charge in [-0.1, -0.05) is 12.1 Å². The Hall–Kier alpha value is -3.36. The van der Waals surface area contributed by atoms with Crippen molar-refractivity contribution in [2.75, 3.05) is 31.1 Å². The zero-order valence-electron chi connectivity index (χ0n) is 15.9. The topological polar surface area (TPSA) is 105 Å². The Kier molecular flexibility index (Phi) is 4.63. The molecule has 1 amide bonds. The van der Waals surface area contributed by atoms with Crippen LogP contribution in [0.25, 0.3) is 11.2 Å². The number of benzene rings is 1. The van der Waals surface area contributed by atoms with Crippen molar-refractivity contribution >= 4 is 22.9 Å². The van der Waals surface area contributed by atoms with Gasteiger partial charge in [0.1, 0.15) is 18.5 Å². The number of para-hydroxylation sites is 2. The molecule has 1 fully saturated rings. The van der Waals surface area contributed by atoms with Crippen LogP contribution in [0, 0.1) is 5.92 Å². The molecule has 1 unspecified atom stereocenters. The van der Waals surface area contributed by atoms with Crippen LogP contribution in [0.15, 0.2) is 36.9 Å². The van der Waals surface area contributed by atoms with Crippen LogP contribution in [0.1, 0.15) is 12.8 Å². The van der Waals surface area contributed by atoms with E-state index in [1.807, 2.05) is 24.3 Å². The monoisotopic (exact) mass is 394 g/mol. The average Bonchev–Trinajstić information content (AvgIpc) is 3.26. The van der Waals surface area contributed by atoms with Gasteiger partial charge in [0.2, 0.25) is 6.10 Å². The summed E-state index contributed by atoms with van der Waals surface area (Å²) in [5, 5.41) is 3.03. The van der Waals surface area contributed by atoms with Crippen LogP contribution in [0.2, 0.25) is 0 Å². The van der Waals surface area contributed by atoms with E-state index >= 15 is 0 Å². The number of hydrogen-bond donors (Lipinski definition) is 2. The normalized spacial score (nSPS) is 19.3. The number of anilines is 1. The molecule has 150 valence electrons. The fraction of sp³-hybridized carbons (Fsp3) is 0.400. The van der Waals surface area contributed by atoms with Crippen LogP contribution in [-0.2, 0) is 4.79 Å². The summed E-state index contributed by atoms with van der Waals surface area (Å²) < 4.78 is 11.4. The summed E-state index contributed by atoms with van der Waals surface area (Å²) in [4.78, 5) is 30.7. The molecule has 1 atom stereocenters. The lowest BCUT2D eigenvalue weighted by Gasteiger charge is -2.33. The Labute approximate surface area is 167 Å². The number of amides is 1. The summed E-state index contributed by atoms with van der Waals surface area (Å²) in [6.45, 7) is 2.62. The number of carbonyl (C=O) groups excluding carboxylic acids is 1. The highest BCUT2D eigenvalue weighted by Gasteiger charge is 2.28. The molecule has 2 N–H and O–H groups in total. The molecule has 2 aliphatic rings. The van der Waals surface area contributed by atoms with E-state index < -0.39 is 6.10 Å². The number of aromatic nitrogens is 4. The van der Waals surface area contributed by atoms with E-state index in [1.165, 1.54) is 0 Å². The molecule has 0 spiro atoms. The SMILES string of the molecule is O=C(NCC1CCN(c2ncnc3nc[nH]c23)CC1)C1COc2ccccc2O1. The molecule has 0 saturated carbocycles. The number of rotatable bonds is 4. The smallest absolute Gasteiger partial charge is 0.264 e. The van der Waals surface area contributed by atoms with Crippen molar-refractivity contribution in [3.63, 3.8) is 0 Å². The number of ether oxygens (including phenoxy) is 2. The van der Waals surface area contributed by atoms with Gasteiger partial charge in [0, 0.05) is 19.6 Å². The van der Waals surface area contributed by atoms with Gasteiger partial charge in [-0.25, -0.2) is 15.0 Å². The highest BCUT2D eigenvalue weighted by molar-refractivity contribution is 5.83. The van der Waals surface area contributed by atoms with E-state index in [2.05, 4.69) is 30.2 Å². The molecule has 29 heavy (non-hydrogen) atoms. The number of imidazole rings is 1. The summed E-state index contributed by atoms with van der Waals surface area (Å²) in [6, 6.07) is 7.40. The number of carbonyl (C=O) groups is 1. The molecule has 5 rings (SSSR count). The van der Waals surface area contributed by atoms with E-state index in [4.69, 9.17) is 9.47 Å². The molecule has 0 radical (unpaired) electrons. The predicted octanol–water partition coefficient (Wildman–Crippen LogP) is 1.53. The highest BCUT2D eigenvalue weighted by atomic mass is 16.6. The first-order valence-corrected chi connectivity index (χ1v) is 9.83. The largest absolute Gasteiger partial charge is 0.485 e. The number of fused-ring (bicyclic) bond motifs is 2. The maximum atomic E-state index is 12.5. The molecule has 0 bridgehead atoms. The van der Waals surface area contributed by atoms with E-state index in [0.29, 0.717) is 29.6 Å². The van der Waals surface area contributed by atoms with Crippen LogP contribution in [0.5, 0.6) is 11.5 Å². The van der Waals surface area contributed by atoms with Crippen LogP contribution in [0.3, 0.4) is 0 Å². The van der Waals surface area contributed by atoms with E-state index in [0.717, 1.165) is 37.3 Å². The first-order chi connectivity index (χ1) is 14.3. The Balaban J connectivity index is 1.13. The third kappa shape index (κ3) is 3.55. The van der Waals surface area contributed by atoms with Crippen molar-refractivity contribution in [3.8, 4) is 11.5 Å². The Morgan fingerprint density at radius 3 is 2.86 bits per heavy atom. The first kappa shape index (κ1) is 17.7. The lowest BCUT2D eigenvalue weighted by molar-refractivity contribution is -0.130. The van der Waals surface area contributed by atoms with Crippen LogP contribution < -0.4 is 19.7 Å². The zero-order chi connectivity index (χ0) is 19.6. The molecule has 9 nitrogen and oxygen atoms in total. The molecule has 2 aromatic heterocycles. The second-order valence-electron chi connectivity index (χ2n) is 7.34. The summed E-state index contributed by atoms with van der Waals surface area (Å²) in [5.74, 6) is 2.48. The van der Waals surface area contributed by atoms with Crippen molar-refractivity contribution in [1.82, 2.24) is 25.3 Å². The summed E-state index contributed by atoms with van der Waals surface area (Å²) >= 11 is 0. The molecule has 1 saturated heterocycles. The van der Waals surface area contributed by atoms with Crippen molar-refractivity contribution in [2.24, 2.45) is 5.92 Å². The molecular formula is C20H22N6O3. The number of H-pyrrole nitrogens is 1. The third-order valence-electron chi connectivity index (χ3n) is 5.48. The lowest BCUT2D eigenvalue weighted by Crippen LogP contribution is -2.46. The van der Waals surface area contributed by atoms with Crippen LogP contribution in [-0.4, -0.2) is 58.2 Å². The van der Waals surface area contributed by atoms with Crippen LogP contribution in [0.4, 0.5) is 5.82 Å². The standard InChI is InChI=1S/C20H22N6O3/c27-20(16-10-28-14-3-1-2-4-15(14)29-16)21-9-13-5-7-26(8-6-13)19-17-18(23-11-22-17)24-12-25-19/h1-4,11-13,16H,5-10H2,(H,21,27)(H,22,23,24,25). The molecule has 2 aliphatic heterocycles. The summed E-state index contributed by atoms with van der Waals surface area (Å²) in [5.41, 5.74) is 1.55. The van der Waals surface area contributed by atoms with Gasteiger partial charge in [-0.3, -0.25) is 4.79 Å². The number of aromatic amines is 1. The van der Waals surface area contributed by atoms with Crippen molar-refractivity contribution in [2.45, 2.75) is 18.9 Å². The minimum atomic E-state index is -0.611. The summed E-state index contributed by atoms with van der Waals surface area (Å²) in [7, 11) is 0. The molecule has 3 aromatic rings. The van der Waals surface area contributed by atoms with Gasteiger partial charge >= 0.3 is 0 Å². The third-order valence-corrected chi connectivity index (χ3v) is 5.48. The van der Waals surface area contributed by atoms with E-state index in [1.54, 1.807) is 12.7 Å². The molecular weight excluding hydrogens is 372 g/mol. The predicted molar refractivity (Wildman–Crippen MR) is 106 cm³/mol. The van der Waals surface area contributed by atoms with Gasteiger partial charge in [-0.15, -0.1) is 0 Å². The number of hydrogen-bond acceptors (Lipinski definition) is 7. The van der Waals surface area contributed by atoms with Gasteiger partial charge in [0.05, 0.1) is 6.33 Å². The van der Waals surface area contributed by atoms with Crippen molar-refractivity contribution in [1.29, 1.82) is 0 Å². The Morgan fingerprint density at radius 2 is 2.00 bits per heavy atom. The van der Waals surface area contributed by atoms with E-state index in [-0.39, 0.29) is 12.5 Å². The van der Waals surface area contributed by atoms with E-state index in [9.17, 15) is 4.79 Å². The summed E-state index contributed by atoms with van der Waals surface area (Å²) in [6.07, 6.45) is 4.53. The number of nitrogens with zero attached hydrogens (tertiary/aromatic N) is 4. The molecule has 1 aromatic carbocycles. The fourth-order valence-corrected chi connectivity index (χ4v) is 3.85. The van der Waals surface area contributed by atoms with Crippen molar-refractivity contribution < 1.29 is 14.3 Å². The number of piperidine rings is 1. The maximum Gasteiger partial charge on any atom is 0.264 e.